The summed E-state index contributed by atoms with van der Waals surface area (Å²) in [5.41, 5.74) is 6.66. The van der Waals surface area contributed by atoms with Gasteiger partial charge in [-0.05, 0) is 37.0 Å². The lowest BCUT2D eigenvalue weighted by molar-refractivity contribution is 0.100. The molecule has 1 aromatic rings. The van der Waals surface area contributed by atoms with E-state index in [0.29, 0.717) is 16.6 Å². The third-order valence-electron chi connectivity index (χ3n) is 3.36. The summed E-state index contributed by atoms with van der Waals surface area (Å²) in [4.78, 5) is 11.0. The van der Waals surface area contributed by atoms with Crippen molar-refractivity contribution >= 4 is 17.5 Å². The normalized spacial score (nSPS) is 16.6. The van der Waals surface area contributed by atoms with Gasteiger partial charge in [-0.3, -0.25) is 4.79 Å². The summed E-state index contributed by atoms with van der Waals surface area (Å²) >= 11 is 6.13. The predicted octanol–water partition coefficient (Wildman–Crippen LogP) is 2.72. The fraction of sp³-hybridized carbons (Fsp3) is 0.500. The molecule has 18 heavy (non-hydrogen) atoms. The van der Waals surface area contributed by atoms with Gasteiger partial charge in [0.2, 0.25) is 5.91 Å². The summed E-state index contributed by atoms with van der Waals surface area (Å²) in [5, 5.41) is 4.05. The van der Waals surface area contributed by atoms with E-state index in [-0.39, 0.29) is 0 Å². The van der Waals surface area contributed by atoms with Gasteiger partial charge in [-0.25, -0.2) is 0 Å². The minimum atomic E-state index is -0.446. The average Bonchev–Trinajstić information content (AvgIpc) is 3.11. The molecule has 98 valence electrons. The smallest absolute Gasteiger partial charge is 0.248 e. The number of primary amides is 1. The van der Waals surface area contributed by atoms with Crippen LogP contribution in [-0.2, 0) is 6.54 Å². The van der Waals surface area contributed by atoms with E-state index >= 15 is 0 Å². The standard InChI is InChI=1S/C14H19ClN2O/c1-9(6-10-2-3-10)17-8-12-5-4-11(14(16)18)7-13(12)15/h4-5,7,9-10,17H,2-3,6,8H2,1H3,(H2,16,18). The highest BCUT2D eigenvalue weighted by molar-refractivity contribution is 6.31. The molecule has 0 spiro atoms. The van der Waals surface area contributed by atoms with E-state index in [2.05, 4.69) is 12.2 Å². The molecular formula is C14H19ClN2O. The van der Waals surface area contributed by atoms with Crippen LogP contribution < -0.4 is 11.1 Å². The lowest BCUT2D eigenvalue weighted by Crippen LogP contribution is -2.26. The van der Waals surface area contributed by atoms with Crippen LogP contribution in [0, 0.1) is 5.92 Å². The van der Waals surface area contributed by atoms with Crippen molar-refractivity contribution in [2.24, 2.45) is 11.7 Å². The quantitative estimate of drug-likeness (QED) is 0.832. The third kappa shape index (κ3) is 3.72. The molecule has 1 aliphatic carbocycles. The van der Waals surface area contributed by atoms with E-state index < -0.39 is 5.91 Å². The molecule has 3 N–H and O–H groups in total. The number of benzene rings is 1. The molecule has 0 saturated heterocycles. The maximum atomic E-state index is 11.0. The zero-order valence-electron chi connectivity index (χ0n) is 10.6. The first-order chi connectivity index (χ1) is 8.56. The van der Waals surface area contributed by atoms with Crippen molar-refractivity contribution in [2.45, 2.75) is 38.8 Å². The lowest BCUT2D eigenvalue weighted by Gasteiger charge is -2.14. The van der Waals surface area contributed by atoms with Crippen LogP contribution in [0.3, 0.4) is 0 Å². The molecule has 2 rings (SSSR count). The van der Waals surface area contributed by atoms with Gasteiger partial charge in [-0.15, -0.1) is 0 Å². The highest BCUT2D eigenvalue weighted by atomic mass is 35.5. The zero-order chi connectivity index (χ0) is 13.1. The molecule has 1 atom stereocenters. The molecule has 1 aromatic carbocycles. The molecule has 3 nitrogen and oxygen atoms in total. The lowest BCUT2D eigenvalue weighted by atomic mass is 10.1. The van der Waals surface area contributed by atoms with E-state index in [4.69, 9.17) is 17.3 Å². The van der Waals surface area contributed by atoms with Gasteiger partial charge in [0.25, 0.3) is 0 Å². The molecule has 0 bridgehead atoms. The molecule has 4 heteroatoms. The van der Waals surface area contributed by atoms with Crippen molar-refractivity contribution in [2.75, 3.05) is 0 Å². The molecule has 1 saturated carbocycles. The predicted molar refractivity (Wildman–Crippen MR) is 73.6 cm³/mol. The first-order valence-corrected chi connectivity index (χ1v) is 6.75. The first-order valence-electron chi connectivity index (χ1n) is 6.38. The SMILES string of the molecule is CC(CC1CC1)NCc1ccc(C(N)=O)cc1Cl. The highest BCUT2D eigenvalue weighted by Crippen LogP contribution is 2.33. The van der Waals surface area contributed by atoms with Crippen LogP contribution in [0.25, 0.3) is 0 Å². The summed E-state index contributed by atoms with van der Waals surface area (Å²) in [5.74, 6) is 0.471. The van der Waals surface area contributed by atoms with Crippen molar-refractivity contribution in [1.29, 1.82) is 0 Å². The Bertz CT molecular complexity index is 443. The van der Waals surface area contributed by atoms with E-state index in [1.54, 1.807) is 12.1 Å². The first kappa shape index (κ1) is 13.4. The van der Waals surface area contributed by atoms with Gasteiger partial charge < -0.3 is 11.1 Å². The monoisotopic (exact) mass is 266 g/mol. The minimum Gasteiger partial charge on any atom is -0.366 e. The second-order valence-electron chi connectivity index (χ2n) is 5.13. The van der Waals surface area contributed by atoms with E-state index in [0.717, 1.165) is 18.0 Å². The minimum absolute atomic E-state index is 0.446. The summed E-state index contributed by atoms with van der Waals surface area (Å²) in [7, 11) is 0. The van der Waals surface area contributed by atoms with Crippen molar-refractivity contribution in [1.82, 2.24) is 5.32 Å². The number of nitrogens with one attached hydrogen (secondary N) is 1. The molecule has 1 amide bonds. The van der Waals surface area contributed by atoms with Crippen LogP contribution >= 0.6 is 11.6 Å². The second-order valence-corrected chi connectivity index (χ2v) is 5.54. The van der Waals surface area contributed by atoms with Crippen LogP contribution in [0.5, 0.6) is 0 Å². The van der Waals surface area contributed by atoms with Gasteiger partial charge in [0.15, 0.2) is 0 Å². The Labute approximate surface area is 113 Å². The summed E-state index contributed by atoms with van der Waals surface area (Å²) in [6.45, 7) is 2.93. The summed E-state index contributed by atoms with van der Waals surface area (Å²) in [6.07, 6.45) is 3.98. The van der Waals surface area contributed by atoms with Crippen molar-refractivity contribution in [3.63, 3.8) is 0 Å². The number of carbonyl (C=O) groups is 1. The van der Waals surface area contributed by atoms with Crippen LogP contribution in [0.4, 0.5) is 0 Å². The fourth-order valence-corrected chi connectivity index (χ4v) is 2.31. The van der Waals surface area contributed by atoms with Crippen molar-refractivity contribution < 1.29 is 4.79 Å². The number of halogens is 1. The maximum Gasteiger partial charge on any atom is 0.248 e. The molecule has 1 fully saturated rings. The van der Waals surface area contributed by atoms with Crippen molar-refractivity contribution in [3.05, 3.63) is 34.3 Å². The highest BCUT2D eigenvalue weighted by Gasteiger charge is 2.23. The molecule has 1 unspecified atom stereocenters. The van der Waals surface area contributed by atoms with Crippen LogP contribution in [-0.4, -0.2) is 11.9 Å². The summed E-state index contributed by atoms with van der Waals surface area (Å²) in [6, 6.07) is 5.71. The topological polar surface area (TPSA) is 55.1 Å². The number of amides is 1. The van der Waals surface area contributed by atoms with E-state index in [9.17, 15) is 4.79 Å². The number of carbonyl (C=O) groups excluding carboxylic acids is 1. The molecule has 0 aliphatic heterocycles. The molecule has 1 aliphatic rings. The van der Waals surface area contributed by atoms with Gasteiger partial charge in [0, 0.05) is 23.2 Å². The molecular weight excluding hydrogens is 248 g/mol. The number of hydrogen-bond donors (Lipinski definition) is 2. The van der Waals surface area contributed by atoms with Gasteiger partial charge in [0.05, 0.1) is 0 Å². The number of hydrogen-bond acceptors (Lipinski definition) is 2. The van der Waals surface area contributed by atoms with Gasteiger partial charge in [0.1, 0.15) is 0 Å². The Balaban J connectivity index is 1.90. The molecule has 0 aromatic heterocycles. The van der Waals surface area contributed by atoms with Crippen LogP contribution in [0.15, 0.2) is 18.2 Å². The van der Waals surface area contributed by atoms with Gasteiger partial charge in [-0.2, -0.15) is 0 Å². The van der Waals surface area contributed by atoms with Gasteiger partial charge in [-0.1, -0.05) is 30.5 Å². The number of nitrogens with two attached hydrogens (primary N) is 1. The van der Waals surface area contributed by atoms with Crippen molar-refractivity contribution in [3.8, 4) is 0 Å². The maximum absolute atomic E-state index is 11.0. The zero-order valence-corrected chi connectivity index (χ0v) is 11.3. The Morgan fingerprint density at radius 3 is 2.83 bits per heavy atom. The van der Waals surface area contributed by atoms with Gasteiger partial charge >= 0.3 is 0 Å². The second kappa shape index (κ2) is 5.72. The van der Waals surface area contributed by atoms with Crippen LogP contribution in [0.2, 0.25) is 5.02 Å². The average molecular weight is 267 g/mol. The Morgan fingerprint density at radius 2 is 2.28 bits per heavy atom. The Morgan fingerprint density at radius 1 is 1.56 bits per heavy atom. The number of rotatable bonds is 6. The molecule has 0 radical (unpaired) electrons. The molecule has 0 heterocycles. The van der Waals surface area contributed by atoms with E-state index in [1.165, 1.54) is 19.3 Å². The Kier molecular flexibility index (Phi) is 4.25. The fourth-order valence-electron chi connectivity index (χ4n) is 2.07. The summed E-state index contributed by atoms with van der Waals surface area (Å²) < 4.78 is 0. The van der Waals surface area contributed by atoms with E-state index in [1.807, 2.05) is 6.07 Å². The Hall–Kier alpha value is -1.06. The van der Waals surface area contributed by atoms with Crippen LogP contribution in [0.1, 0.15) is 42.1 Å². The largest absolute Gasteiger partial charge is 0.366 e. The third-order valence-corrected chi connectivity index (χ3v) is 3.71.